The molecule has 0 saturated heterocycles. The highest BCUT2D eigenvalue weighted by atomic mass is 16.3. The fraction of sp³-hybridized carbons (Fsp3) is 0.278. The van der Waals surface area contributed by atoms with Crippen molar-refractivity contribution in [1.29, 1.82) is 0 Å². The van der Waals surface area contributed by atoms with Crippen LogP contribution in [0.4, 0.5) is 10.5 Å². The van der Waals surface area contributed by atoms with Gasteiger partial charge in [-0.25, -0.2) is 4.79 Å². The molecular formula is C18H22N2O2. The number of carbonyl (C=O) groups excluding carboxylic acids is 1. The zero-order valence-electron chi connectivity index (χ0n) is 13.0. The van der Waals surface area contributed by atoms with Crippen LogP contribution in [0.3, 0.4) is 0 Å². The summed E-state index contributed by atoms with van der Waals surface area (Å²) in [4.78, 5) is 12.1. The molecule has 0 fully saturated rings. The van der Waals surface area contributed by atoms with Crippen LogP contribution in [0.1, 0.15) is 16.7 Å². The lowest BCUT2D eigenvalue weighted by Crippen LogP contribution is -2.41. The van der Waals surface area contributed by atoms with Crippen LogP contribution < -0.4 is 10.6 Å². The number of aryl methyl sites for hydroxylation is 2. The summed E-state index contributed by atoms with van der Waals surface area (Å²) >= 11 is 0. The minimum atomic E-state index is -0.312. The van der Waals surface area contributed by atoms with E-state index in [1.807, 2.05) is 56.3 Å². The molecule has 1 unspecified atom stereocenters. The highest BCUT2D eigenvalue weighted by molar-refractivity contribution is 5.89. The number of aliphatic hydroxyl groups excluding tert-OH is 1. The first-order valence-electron chi connectivity index (χ1n) is 7.37. The highest BCUT2D eigenvalue weighted by Gasteiger charge is 2.12. The number of rotatable bonds is 5. The smallest absolute Gasteiger partial charge is 0.319 e. The fourth-order valence-corrected chi connectivity index (χ4v) is 2.46. The lowest BCUT2D eigenvalue weighted by molar-refractivity contribution is 0.224. The van der Waals surface area contributed by atoms with E-state index in [4.69, 9.17) is 0 Å². The van der Waals surface area contributed by atoms with Crippen LogP contribution in [-0.2, 0) is 6.42 Å². The number of benzene rings is 2. The minimum Gasteiger partial charge on any atom is -0.394 e. The van der Waals surface area contributed by atoms with E-state index >= 15 is 0 Å². The van der Waals surface area contributed by atoms with Crippen LogP contribution in [0.15, 0.2) is 48.5 Å². The molecule has 22 heavy (non-hydrogen) atoms. The summed E-state index contributed by atoms with van der Waals surface area (Å²) in [5.41, 5.74) is 4.02. The maximum atomic E-state index is 12.1. The Morgan fingerprint density at radius 3 is 2.32 bits per heavy atom. The molecular weight excluding hydrogens is 276 g/mol. The first-order valence-corrected chi connectivity index (χ1v) is 7.37. The molecule has 4 heteroatoms. The van der Waals surface area contributed by atoms with Crippen molar-refractivity contribution in [3.8, 4) is 0 Å². The van der Waals surface area contributed by atoms with Gasteiger partial charge in [-0.15, -0.1) is 0 Å². The Bertz CT molecular complexity index is 606. The van der Waals surface area contributed by atoms with Gasteiger partial charge < -0.3 is 15.7 Å². The largest absolute Gasteiger partial charge is 0.394 e. The second-order valence-electron chi connectivity index (χ2n) is 5.54. The van der Waals surface area contributed by atoms with E-state index in [0.717, 1.165) is 22.4 Å². The Balaban J connectivity index is 1.94. The van der Waals surface area contributed by atoms with Gasteiger partial charge in [0.05, 0.1) is 12.6 Å². The van der Waals surface area contributed by atoms with E-state index in [0.29, 0.717) is 6.42 Å². The molecule has 116 valence electrons. The monoisotopic (exact) mass is 298 g/mol. The van der Waals surface area contributed by atoms with Gasteiger partial charge in [0, 0.05) is 5.69 Å². The number of anilines is 1. The van der Waals surface area contributed by atoms with Crippen LogP contribution in [0.25, 0.3) is 0 Å². The molecule has 0 aromatic heterocycles. The van der Waals surface area contributed by atoms with Gasteiger partial charge in [-0.2, -0.15) is 0 Å². The van der Waals surface area contributed by atoms with E-state index in [-0.39, 0.29) is 18.7 Å². The van der Waals surface area contributed by atoms with Gasteiger partial charge in [-0.1, -0.05) is 36.4 Å². The van der Waals surface area contributed by atoms with Gasteiger partial charge in [0.25, 0.3) is 0 Å². The third kappa shape index (κ3) is 4.90. The maximum absolute atomic E-state index is 12.1. The molecule has 0 spiro atoms. The van der Waals surface area contributed by atoms with Crippen LogP contribution in [0.5, 0.6) is 0 Å². The summed E-state index contributed by atoms with van der Waals surface area (Å²) in [5, 5.41) is 15.1. The first kappa shape index (κ1) is 16.0. The Hall–Kier alpha value is -2.33. The topological polar surface area (TPSA) is 61.4 Å². The number of amides is 2. The van der Waals surface area contributed by atoms with Crippen molar-refractivity contribution in [2.75, 3.05) is 11.9 Å². The fourth-order valence-electron chi connectivity index (χ4n) is 2.46. The van der Waals surface area contributed by atoms with Crippen molar-refractivity contribution >= 4 is 11.7 Å². The van der Waals surface area contributed by atoms with Crippen molar-refractivity contribution in [2.45, 2.75) is 26.3 Å². The highest BCUT2D eigenvalue weighted by Crippen LogP contribution is 2.13. The number of carbonyl (C=O) groups is 1. The van der Waals surface area contributed by atoms with Crippen LogP contribution in [0.2, 0.25) is 0 Å². The molecule has 0 aliphatic heterocycles. The van der Waals surface area contributed by atoms with Gasteiger partial charge >= 0.3 is 6.03 Å². The first-order chi connectivity index (χ1) is 10.6. The van der Waals surface area contributed by atoms with Crippen LogP contribution in [-0.4, -0.2) is 23.8 Å². The van der Waals surface area contributed by atoms with Crippen molar-refractivity contribution in [3.05, 3.63) is 65.2 Å². The molecule has 4 nitrogen and oxygen atoms in total. The van der Waals surface area contributed by atoms with Crippen LogP contribution in [0, 0.1) is 13.8 Å². The molecule has 2 rings (SSSR count). The minimum absolute atomic E-state index is 0.102. The molecule has 0 saturated carbocycles. The number of aliphatic hydroxyl groups is 1. The molecule has 0 aliphatic carbocycles. The summed E-state index contributed by atoms with van der Waals surface area (Å²) in [6, 6.07) is 15.0. The predicted octanol–water partition coefficient (Wildman–Crippen LogP) is 3.03. The van der Waals surface area contributed by atoms with Gasteiger partial charge in [0.1, 0.15) is 0 Å². The lowest BCUT2D eigenvalue weighted by Gasteiger charge is -2.17. The Labute approximate surface area is 131 Å². The molecule has 1 atom stereocenters. The quantitative estimate of drug-likeness (QED) is 0.794. The van der Waals surface area contributed by atoms with Crippen molar-refractivity contribution in [2.24, 2.45) is 0 Å². The van der Waals surface area contributed by atoms with E-state index in [1.54, 1.807) is 0 Å². The summed E-state index contributed by atoms with van der Waals surface area (Å²) in [6.45, 7) is 3.87. The zero-order chi connectivity index (χ0) is 15.9. The summed E-state index contributed by atoms with van der Waals surface area (Å²) in [7, 11) is 0. The van der Waals surface area contributed by atoms with E-state index < -0.39 is 0 Å². The Morgan fingerprint density at radius 1 is 1.09 bits per heavy atom. The number of hydrogen-bond donors (Lipinski definition) is 3. The van der Waals surface area contributed by atoms with Crippen molar-refractivity contribution < 1.29 is 9.90 Å². The molecule has 2 aromatic rings. The molecule has 0 radical (unpaired) electrons. The average Bonchev–Trinajstić information content (AvgIpc) is 2.46. The maximum Gasteiger partial charge on any atom is 0.319 e. The third-order valence-corrected chi connectivity index (χ3v) is 3.36. The second kappa shape index (κ2) is 7.61. The van der Waals surface area contributed by atoms with Crippen LogP contribution >= 0.6 is 0 Å². The summed E-state index contributed by atoms with van der Waals surface area (Å²) in [5.74, 6) is 0. The predicted molar refractivity (Wildman–Crippen MR) is 89.1 cm³/mol. The third-order valence-electron chi connectivity index (χ3n) is 3.36. The lowest BCUT2D eigenvalue weighted by atomic mass is 10.1. The van der Waals surface area contributed by atoms with E-state index in [1.165, 1.54) is 0 Å². The molecule has 3 N–H and O–H groups in total. The molecule has 2 amide bonds. The Kier molecular flexibility index (Phi) is 5.55. The van der Waals surface area contributed by atoms with E-state index in [2.05, 4.69) is 16.7 Å². The summed E-state index contributed by atoms with van der Waals surface area (Å²) < 4.78 is 0. The van der Waals surface area contributed by atoms with Crippen molar-refractivity contribution in [3.63, 3.8) is 0 Å². The molecule has 0 aliphatic rings. The van der Waals surface area contributed by atoms with Gasteiger partial charge in [0.2, 0.25) is 0 Å². The second-order valence-corrected chi connectivity index (χ2v) is 5.54. The SMILES string of the molecule is Cc1cc(C)cc(NC(=O)NC(CO)Cc2ccccc2)c1. The number of nitrogens with one attached hydrogen (secondary N) is 2. The Morgan fingerprint density at radius 2 is 1.73 bits per heavy atom. The zero-order valence-corrected chi connectivity index (χ0v) is 13.0. The number of urea groups is 1. The molecule has 0 heterocycles. The van der Waals surface area contributed by atoms with Gasteiger partial charge in [-0.3, -0.25) is 0 Å². The standard InChI is InChI=1S/C18H22N2O2/c1-13-8-14(2)10-16(9-13)19-18(22)20-17(12-21)11-15-6-4-3-5-7-15/h3-10,17,21H,11-12H2,1-2H3,(H2,19,20,22). The molecule has 0 bridgehead atoms. The summed E-state index contributed by atoms with van der Waals surface area (Å²) in [6.07, 6.45) is 0.595. The van der Waals surface area contributed by atoms with Gasteiger partial charge in [-0.05, 0) is 49.1 Å². The normalized spacial score (nSPS) is 11.8. The van der Waals surface area contributed by atoms with E-state index in [9.17, 15) is 9.90 Å². The van der Waals surface area contributed by atoms with Crippen molar-refractivity contribution in [1.82, 2.24) is 5.32 Å². The number of hydrogen-bond acceptors (Lipinski definition) is 2. The van der Waals surface area contributed by atoms with Gasteiger partial charge in [0.15, 0.2) is 0 Å². The molecule has 2 aromatic carbocycles. The average molecular weight is 298 g/mol.